The fourth-order valence-corrected chi connectivity index (χ4v) is 6.78. The molecule has 0 aliphatic heterocycles. The average Bonchev–Trinajstić information content (AvgIpc) is 3.16. The van der Waals surface area contributed by atoms with Gasteiger partial charge in [-0.25, -0.2) is 16.8 Å². The standard InChI is InChI=1S/2C20H14N2O4S.Ca/c2*23-19-10-7-13-3-1-2-4-18(13)20(19)22-21-16-8-5-15-12-17(27(24,25)26)9-6-14(15)11-16;/h2*1-12,23H,(H,24,25,26);/q;;+2/p-2. The third kappa shape index (κ3) is 8.98. The fourth-order valence-electron chi connectivity index (χ4n) is 5.77. The second-order valence-corrected chi connectivity index (χ2v) is 14.8. The van der Waals surface area contributed by atoms with Gasteiger partial charge in [-0.15, -0.1) is 10.2 Å². The van der Waals surface area contributed by atoms with Crippen LogP contribution in [-0.4, -0.2) is 73.9 Å². The number of benzene rings is 8. The smallest absolute Gasteiger partial charge is 0.744 e. The molecule has 0 unspecified atom stereocenters. The molecule has 55 heavy (non-hydrogen) atoms. The van der Waals surface area contributed by atoms with Crippen LogP contribution >= 0.6 is 0 Å². The number of hydrogen-bond acceptors (Lipinski definition) is 12. The summed E-state index contributed by atoms with van der Waals surface area (Å²) >= 11 is 0. The van der Waals surface area contributed by atoms with E-state index in [0.717, 1.165) is 32.3 Å². The van der Waals surface area contributed by atoms with Gasteiger partial charge in [-0.2, -0.15) is 10.2 Å². The molecule has 0 aliphatic rings. The van der Waals surface area contributed by atoms with E-state index in [-0.39, 0.29) is 59.0 Å². The van der Waals surface area contributed by atoms with Crippen LogP contribution in [-0.2, 0) is 20.2 Å². The van der Waals surface area contributed by atoms with Gasteiger partial charge in [-0.3, -0.25) is 0 Å². The molecule has 15 heteroatoms. The molecule has 0 heterocycles. The van der Waals surface area contributed by atoms with Gasteiger partial charge in [0, 0.05) is 10.8 Å². The second kappa shape index (κ2) is 16.2. The van der Waals surface area contributed by atoms with Crippen LogP contribution in [0, 0.1) is 0 Å². The maximum Gasteiger partial charge on any atom is 2.00 e. The molecule has 8 rings (SSSR count). The van der Waals surface area contributed by atoms with Crippen LogP contribution in [0.1, 0.15) is 0 Å². The number of phenols is 2. The van der Waals surface area contributed by atoms with Gasteiger partial charge >= 0.3 is 37.7 Å². The summed E-state index contributed by atoms with van der Waals surface area (Å²) in [5.74, 6) is 0.0621. The Bertz CT molecular complexity index is 2840. The van der Waals surface area contributed by atoms with Gasteiger partial charge in [0.2, 0.25) is 0 Å². The van der Waals surface area contributed by atoms with Crippen molar-refractivity contribution in [2.24, 2.45) is 20.5 Å². The first kappa shape index (κ1) is 39.4. The van der Waals surface area contributed by atoms with Crippen LogP contribution in [0.15, 0.2) is 176 Å². The Morgan fingerprint density at radius 3 is 1.15 bits per heavy atom. The molecule has 0 aliphatic carbocycles. The largest absolute Gasteiger partial charge is 2.00 e. The Morgan fingerprint density at radius 2 is 0.745 bits per heavy atom. The minimum absolute atomic E-state index is 0. The van der Waals surface area contributed by atoms with Crippen LogP contribution in [0.2, 0.25) is 0 Å². The third-order valence-corrected chi connectivity index (χ3v) is 10.1. The molecule has 0 spiro atoms. The van der Waals surface area contributed by atoms with Gasteiger partial charge in [-0.05, 0) is 93.0 Å². The van der Waals surface area contributed by atoms with E-state index < -0.39 is 20.2 Å². The van der Waals surface area contributed by atoms with Crippen molar-refractivity contribution in [1.82, 2.24) is 0 Å². The van der Waals surface area contributed by atoms with Crippen LogP contribution in [0.4, 0.5) is 22.7 Å². The van der Waals surface area contributed by atoms with Gasteiger partial charge in [0.15, 0.2) is 0 Å². The number of azo groups is 2. The predicted octanol–water partition coefficient (Wildman–Crippen LogP) is 9.66. The molecule has 0 radical (unpaired) electrons. The molecule has 0 aromatic heterocycles. The number of rotatable bonds is 6. The molecule has 0 bridgehead atoms. The van der Waals surface area contributed by atoms with Gasteiger partial charge in [-0.1, -0.05) is 84.9 Å². The van der Waals surface area contributed by atoms with Crippen LogP contribution in [0.5, 0.6) is 11.5 Å². The van der Waals surface area contributed by atoms with E-state index in [1.807, 2.05) is 48.5 Å². The Hall–Kier alpha value is -5.32. The first-order chi connectivity index (χ1) is 25.8. The molecule has 0 saturated carbocycles. The molecule has 0 fully saturated rings. The predicted molar refractivity (Wildman–Crippen MR) is 209 cm³/mol. The Labute approximate surface area is 344 Å². The number of nitrogens with zero attached hydrogens (tertiary/aromatic N) is 4. The van der Waals surface area contributed by atoms with E-state index in [0.29, 0.717) is 33.5 Å². The summed E-state index contributed by atoms with van der Waals surface area (Å²) in [4.78, 5) is -0.546. The molecule has 8 aromatic carbocycles. The zero-order valence-electron chi connectivity index (χ0n) is 28.5. The van der Waals surface area contributed by atoms with Crippen LogP contribution in [0.25, 0.3) is 43.1 Å². The van der Waals surface area contributed by atoms with E-state index in [1.54, 1.807) is 72.8 Å². The number of phenolic OH excluding ortho intramolecular Hbond substituents is 2. The van der Waals surface area contributed by atoms with Crippen molar-refractivity contribution in [3.63, 3.8) is 0 Å². The summed E-state index contributed by atoms with van der Waals surface area (Å²) in [6, 6.07) is 40.2. The van der Waals surface area contributed by atoms with Crippen LogP contribution < -0.4 is 0 Å². The molecule has 8 aromatic rings. The SMILES string of the molecule is O=S(=O)([O-])c1ccc2cc(N=Nc3c(O)ccc4ccccc34)ccc2c1.O=S(=O)([O-])c1ccc2cc(N=Nc3c(O)ccc4ccccc34)ccc2c1.[Ca+2]. The van der Waals surface area contributed by atoms with E-state index in [2.05, 4.69) is 20.5 Å². The van der Waals surface area contributed by atoms with E-state index in [4.69, 9.17) is 0 Å². The maximum absolute atomic E-state index is 11.1. The normalized spacial score (nSPS) is 12.0. The molecule has 12 nitrogen and oxygen atoms in total. The van der Waals surface area contributed by atoms with E-state index >= 15 is 0 Å². The third-order valence-electron chi connectivity index (χ3n) is 8.46. The first-order valence-corrected chi connectivity index (χ1v) is 18.9. The van der Waals surface area contributed by atoms with Gasteiger partial charge in [0.1, 0.15) is 43.1 Å². The quantitative estimate of drug-likeness (QED) is 0.0939. The molecule has 0 amide bonds. The van der Waals surface area contributed by atoms with Crippen molar-refractivity contribution >= 4 is 124 Å². The summed E-state index contributed by atoms with van der Waals surface area (Å²) in [6.45, 7) is 0. The van der Waals surface area contributed by atoms with Crippen LogP contribution in [0.3, 0.4) is 0 Å². The van der Waals surface area contributed by atoms with Crippen molar-refractivity contribution in [3.05, 3.63) is 146 Å². The molecule has 268 valence electrons. The first-order valence-electron chi connectivity index (χ1n) is 16.1. The van der Waals surface area contributed by atoms with Gasteiger partial charge in [0.25, 0.3) is 0 Å². The van der Waals surface area contributed by atoms with Crippen molar-refractivity contribution in [2.45, 2.75) is 9.79 Å². The number of aromatic hydroxyl groups is 2. The monoisotopic (exact) mass is 794 g/mol. The molecular formula is C40H26CaN4O8S2. The van der Waals surface area contributed by atoms with E-state index in [9.17, 15) is 36.2 Å². The Kier molecular flexibility index (Phi) is 11.6. The zero-order valence-corrected chi connectivity index (χ0v) is 32.4. The summed E-state index contributed by atoms with van der Waals surface area (Å²) in [6.07, 6.45) is 0. The summed E-state index contributed by atoms with van der Waals surface area (Å²) in [5.41, 5.74) is 1.82. The van der Waals surface area contributed by atoms with Crippen molar-refractivity contribution < 1.29 is 36.2 Å². The van der Waals surface area contributed by atoms with Gasteiger partial charge < -0.3 is 19.3 Å². The number of fused-ring (bicyclic) bond motifs is 4. The summed E-state index contributed by atoms with van der Waals surface area (Å²) < 4.78 is 66.8. The minimum atomic E-state index is -4.50. The second-order valence-electron chi connectivity index (χ2n) is 12.0. The molecular weight excluding hydrogens is 769 g/mol. The van der Waals surface area contributed by atoms with Crippen molar-refractivity contribution in [3.8, 4) is 11.5 Å². The Morgan fingerprint density at radius 1 is 0.400 bits per heavy atom. The van der Waals surface area contributed by atoms with Gasteiger partial charge in [0.05, 0.1) is 21.2 Å². The molecule has 2 N–H and O–H groups in total. The van der Waals surface area contributed by atoms with Crippen molar-refractivity contribution in [1.29, 1.82) is 0 Å². The van der Waals surface area contributed by atoms with Crippen molar-refractivity contribution in [2.75, 3.05) is 0 Å². The number of hydrogen-bond donors (Lipinski definition) is 2. The summed E-state index contributed by atoms with van der Waals surface area (Å²) in [7, 11) is -8.99. The topological polar surface area (TPSA) is 204 Å². The minimum Gasteiger partial charge on any atom is -0.744 e. The fraction of sp³-hybridized carbons (Fsp3) is 0. The summed E-state index contributed by atoms with van der Waals surface area (Å²) in [5, 5.41) is 43.1. The molecule has 0 atom stereocenters. The zero-order chi connectivity index (χ0) is 38.0. The molecule has 0 saturated heterocycles. The maximum atomic E-state index is 11.1. The van der Waals surface area contributed by atoms with E-state index in [1.165, 1.54) is 24.3 Å². The Balaban J connectivity index is 0.000000184. The average molecular weight is 795 g/mol.